The van der Waals surface area contributed by atoms with Crippen LogP contribution < -0.4 is 16.3 Å². The van der Waals surface area contributed by atoms with Crippen LogP contribution in [0.4, 0.5) is 10.1 Å². The van der Waals surface area contributed by atoms with Gasteiger partial charge in [-0.3, -0.25) is 15.2 Å². The van der Waals surface area contributed by atoms with E-state index >= 15 is 0 Å². The van der Waals surface area contributed by atoms with E-state index in [1.165, 1.54) is 29.3 Å². The molecule has 0 radical (unpaired) electrons. The quantitative estimate of drug-likeness (QED) is 0.506. The Balaban J connectivity index is 2.37. The average Bonchev–Trinajstić information content (AvgIpc) is 2.49. The van der Waals surface area contributed by atoms with E-state index in [1.54, 1.807) is 6.92 Å². The Morgan fingerprint density at radius 2 is 2.09 bits per heavy atom. The highest BCUT2D eigenvalue weighted by Gasteiger charge is 2.32. The van der Waals surface area contributed by atoms with Crippen molar-refractivity contribution in [2.75, 3.05) is 5.01 Å². The van der Waals surface area contributed by atoms with Crippen molar-refractivity contribution in [2.24, 2.45) is 21.9 Å². The van der Waals surface area contributed by atoms with Crippen LogP contribution in [0, 0.1) is 11.7 Å². The van der Waals surface area contributed by atoms with Crippen molar-refractivity contribution in [3.8, 4) is 0 Å². The number of benzene rings is 1. The third kappa shape index (κ3) is 3.41. The van der Waals surface area contributed by atoms with Crippen LogP contribution in [-0.2, 0) is 4.79 Å². The summed E-state index contributed by atoms with van der Waals surface area (Å²) in [4.78, 5) is 17.0. The second-order valence-electron chi connectivity index (χ2n) is 5.60. The minimum absolute atomic E-state index is 0.186. The lowest BCUT2D eigenvalue weighted by molar-refractivity contribution is -0.120. The zero-order valence-corrected chi connectivity index (χ0v) is 12.9. The lowest BCUT2D eigenvalue weighted by atomic mass is 10.0. The number of hydrogen-bond acceptors (Lipinski definition) is 5. The Labute approximate surface area is 128 Å². The highest BCUT2D eigenvalue weighted by Crippen LogP contribution is 2.20. The predicted molar refractivity (Wildman–Crippen MR) is 85.0 cm³/mol. The van der Waals surface area contributed by atoms with Gasteiger partial charge >= 0.3 is 0 Å². The largest absolute Gasteiger partial charge is 0.323 e. The summed E-state index contributed by atoms with van der Waals surface area (Å²) in [5.74, 6) is 5.50. The predicted octanol–water partition coefficient (Wildman–Crippen LogP) is 1.82. The Morgan fingerprint density at radius 3 is 2.64 bits per heavy atom. The van der Waals surface area contributed by atoms with Gasteiger partial charge in [-0.25, -0.2) is 9.40 Å². The smallest absolute Gasteiger partial charge is 0.270 e. The molecule has 1 unspecified atom stereocenters. The van der Waals surface area contributed by atoms with E-state index in [9.17, 15) is 9.18 Å². The number of amidine groups is 1. The first-order chi connectivity index (χ1) is 10.4. The summed E-state index contributed by atoms with van der Waals surface area (Å²) >= 11 is 0. The monoisotopic (exact) mass is 305 g/mol. The summed E-state index contributed by atoms with van der Waals surface area (Å²) in [5.41, 5.74) is 3.93. The van der Waals surface area contributed by atoms with Gasteiger partial charge in [0.25, 0.3) is 5.91 Å². The minimum Gasteiger partial charge on any atom is -0.323 e. The molecule has 22 heavy (non-hydrogen) atoms. The maximum absolute atomic E-state index is 13.1. The molecule has 0 aromatic heterocycles. The van der Waals surface area contributed by atoms with Crippen molar-refractivity contribution in [1.82, 2.24) is 5.43 Å². The molecule has 3 N–H and O–H groups in total. The van der Waals surface area contributed by atoms with Crippen molar-refractivity contribution < 1.29 is 9.18 Å². The molecule has 0 bridgehead atoms. The van der Waals surface area contributed by atoms with E-state index in [-0.39, 0.29) is 11.7 Å². The molecule has 6 nitrogen and oxygen atoms in total. The van der Waals surface area contributed by atoms with Gasteiger partial charge in [-0.2, -0.15) is 5.10 Å². The van der Waals surface area contributed by atoms with Crippen LogP contribution in [0.2, 0.25) is 0 Å². The van der Waals surface area contributed by atoms with Crippen LogP contribution in [0.3, 0.4) is 0 Å². The molecule has 1 aliphatic rings. The number of hydrazine groups is 1. The van der Waals surface area contributed by atoms with E-state index in [2.05, 4.69) is 15.5 Å². The van der Waals surface area contributed by atoms with Gasteiger partial charge in [0.15, 0.2) is 5.84 Å². The summed E-state index contributed by atoms with van der Waals surface area (Å²) < 4.78 is 13.1. The third-order valence-electron chi connectivity index (χ3n) is 3.32. The Morgan fingerprint density at radius 1 is 1.45 bits per heavy atom. The average molecular weight is 305 g/mol. The number of rotatable bonds is 4. The molecule has 1 atom stereocenters. The Bertz CT molecular complexity index is 609. The van der Waals surface area contributed by atoms with Crippen molar-refractivity contribution in [3.63, 3.8) is 0 Å². The van der Waals surface area contributed by atoms with Crippen LogP contribution in [0.1, 0.15) is 27.2 Å². The van der Waals surface area contributed by atoms with Crippen LogP contribution >= 0.6 is 0 Å². The standard InChI is InChI=1S/C15H20FN5O/c1-9(2)8-13-15(22)21(12-6-4-11(16)5-7-12)20-14(18-13)10(3)19-17/h4-7,9,13H,8,17H2,1-3H3,(H,18,20)/b19-10+. The van der Waals surface area contributed by atoms with E-state index in [0.29, 0.717) is 29.6 Å². The number of carbonyl (C=O) groups is 1. The summed E-state index contributed by atoms with van der Waals surface area (Å²) in [7, 11) is 0. The zero-order chi connectivity index (χ0) is 16.3. The van der Waals surface area contributed by atoms with Crippen LogP contribution in [0.25, 0.3) is 0 Å². The molecular weight excluding hydrogens is 285 g/mol. The molecule has 0 spiro atoms. The van der Waals surface area contributed by atoms with Gasteiger partial charge in [0.05, 0.1) is 5.69 Å². The van der Waals surface area contributed by atoms with Crippen molar-refractivity contribution in [1.29, 1.82) is 0 Å². The fourth-order valence-electron chi connectivity index (χ4n) is 2.17. The van der Waals surface area contributed by atoms with Gasteiger partial charge < -0.3 is 5.84 Å². The van der Waals surface area contributed by atoms with Gasteiger partial charge in [-0.05, 0) is 43.5 Å². The molecule has 1 amide bonds. The van der Waals surface area contributed by atoms with Gasteiger partial charge in [-0.15, -0.1) is 0 Å². The van der Waals surface area contributed by atoms with Gasteiger partial charge in [-0.1, -0.05) is 13.8 Å². The number of anilines is 1. The SMILES string of the molecule is C/C(=N\N)C1=NC(CC(C)C)C(=O)N(c2ccc(F)cc2)N1. The number of hydrazone groups is 1. The molecule has 2 rings (SSSR count). The minimum atomic E-state index is -0.516. The number of aliphatic imine (C=N–C) groups is 1. The molecule has 0 aliphatic carbocycles. The summed E-state index contributed by atoms with van der Waals surface area (Å²) in [5, 5.41) is 4.98. The molecule has 7 heteroatoms. The van der Waals surface area contributed by atoms with Gasteiger partial charge in [0.1, 0.15) is 17.6 Å². The van der Waals surface area contributed by atoms with Crippen molar-refractivity contribution in [3.05, 3.63) is 30.1 Å². The van der Waals surface area contributed by atoms with E-state index in [0.717, 1.165) is 0 Å². The fraction of sp³-hybridized carbons (Fsp3) is 0.400. The van der Waals surface area contributed by atoms with E-state index < -0.39 is 6.04 Å². The molecule has 1 aromatic rings. The highest BCUT2D eigenvalue weighted by atomic mass is 19.1. The van der Waals surface area contributed by atoms with Gasteiger partial charge in [0, 0.05) is 0 Å². The van der Waals surface area contributed by atoms with Crippen LogP contribution in [-0.4, -0.2) is 23.5 Å². The van der Waals surface area contributed by atoms with E-state index in [1.807, 2.05) is 13.8 Å². The van der Waals surface area contributed by atoms with Gasteiger partial charge in [0.2, 0.25) is 0 Å². The first-order valence-corrected chi connectivity index (χ1v) is 7.11. The number of hydrogen-bond donors (Lipinski definition) is 2. The zero-order valence-electron chi connectivity index (χ0n) is 12.9. The summed E-state index contributed by atoms with van der Waals surface area (Å²) in [6.45, 7) is 5.75. The first kappa shape index (κ1) is 15.9. The second-order valence-corrected chi connectivity index (χ2v) is 5.60. The number of nitrogens with one attached hydrogen (secondary N) is 1. The molecule has 118 valence electrons. The lowest BCUT2D eigenvalue weighted by Gasteiger charge is -2.32. The molecule has 1 aliphatic heterocycles. The molecule has 1 heterocycles. The fourth-order valence-corrected chi connectivity index (χ4v) is 2.17. The highest BCUT2D eigenvalue weighted by molar-refractivity contribution is 6.42. The maximum Gasteiger partial charge on any atom is 0.270 e. The molecule has 1 aromatic carbocycles. The summed E-state index contributed by atoms with van der Waals surface area (Å²) in [6, 6.07) is 5.15. The molecule has 0 fully saturated rings. The lowest BCUT2D eigenvalue weighted by Crippen LogP contribution is -2.56. The topological polar surface area (TPSA) is 83.1 Å². The number of nitrogens with two attached hydrogens (primary N) is 1. The first-order valence-electron chi connectivity index (χ1n) is 7.11. The van der Waals surface area contributed by atoms with Crippen LogP contribution in [0.15, 0.2) is 34.4 Å². The summed E-state index contributed by atoms with van der Waals surface area (Å²) in [6.07, 6.45) is 0.611. The second kappa shape index (κ2) is 6.55. The number of amides is 1. The third-order valence-corrected chi connectivity index (χ3v) is 3.32. The number of halogens is 1. The van der Waals surface area contributed by atoms with Crippen molar-refractivity contribution in [2.45, 2.75) is 33.2 Å². The van der Waals surface area contributed by atoms with Crippen molar-refractivity contribution >= 4 is 23.1 Å². The Hall–Kier alpha value is -2.44. The maximum atomic E-state index is 13.1. The molecule has 0 saturated heterocycles. The Kier molecular flexibility index (Phi) is 4.75. The number of carbonyl (C=O) groups excluding carboxylic acids is 1. The van der Waals surface area contributed by atoms with Crippen LogP contribution in [0.5, 0.6) is 0 Å². The normalized spacial score (nSPS) is 19.2. The molecular formula is C15H20FN5O. The number of nitrogens with zero attached hydrogens (tertiary/aromatic N) is 3. The molecule has 0 saturated carbocycles. The van der Waals surface area contributed by atoms with E-state index in [4.69, 9.17) is 5.84 Å².